The highest BCUT2D eigenvalue weighted by atomic mass is 19.3. The molecule has 1 amide bonds. The first-order valence-electron chi connectivity index (χ1n) is 11.5. The van der Waals surface area contributed by atoms with Crippen LogP contribution in [0.15, 0.2) is 42.9 Å². The van der Waals surface area contributed by atoms with E-state index in [1.807, 2.05) is 13.8 Å². The van der Waals surface area contributed by atoms with Gasteiger partial charge in [0.1, 0.15) is 12.1 Å². The van der Waals surface area contributed by atoms with E-state index >= 15 is 0 Å². The molecule has 0 spiro atoms. The summed E-state index contributed by atoms with van der Waals surface area (Å²) in [5.41, 5.74) is 9.33. The van der Waals surface area contributed by atoms with Crippen LogP contribution in [0.5, 0.6) is 0 Å². The fourth-order valence-corrected chi connectivity index (χ4v) is 4.47. The van der Waals surface area contributed by atoms with Crippen LogP contribution in [0.2, 0.25) is 0 Å². The molecule has 1 aliphatic rings. The lowest BCUT2D eigenvalue weighted by Gasteiger charge is -2.27. The number of anilines is 1. The second-order valence-electron chi connectivity index (χ2n) is 8.84. The second kappa shape index (κ2) is 9.23. The summed E-state index contributed by atoms with van der Waals surface area (Å²) in [5.74, 6) is 0.596. The van der Waals surface area contributed by atoms with Crippen molar-refractivity contribution in [2.75, 3.05) is 5.73 Å². The smallest absolute Gasteiger partial charge is 0.265 e. The number of hydrogen-bond acceptors (Lipinski definition) is 7. The number of fused-ring (bicyclic) bond motifs is 3. The number of aryl methyl sites for hydroxylation is 1. The minimum Gasteiger partial charge on any atom is -0.383 e. The zero-order valence-electron chi connectivity index (χ0n) is 20.0. The Morgan fingerprint density at radius 3 is 2.75 bits per heavy atom. The van der Waals surface area contributed by atoms with E-state index in [0.717, 1.165) is 22.7 Å². The first-order chi connectivity index (χ1) is 17.2. The van der Waals surface area contributed by atoms with Crippen LogP contribution in [0.25, 0.3) is 10.9 Å². The molecule has 0 aliphatic carbocycles. The first-order valence-corrected chi connectivity index (χ1v) is 11.5. The summed E-state index contributed by atoms with van der Waals surface area (Å²) in [6.45, 7) is 4.20. The second-order valence-corrected chi connectivity index (χ2v) is 8.84. The molecule has 1 unspecified atom stereocenters. The van der Waals surface area contributed by atoms with Crippen LogP contribution >= 0.6 is 0 Å². The Hall–Kier alpha value is -3.99. The minimum absolute atomic E-state index is 0.0814. The number of nitrogens with zero attached hydrogens (tertiary/aromatic N) is 6. The largest absolute Gasteiger partial charge is 0.383 e. The Labute approximate surface area is 205 Å². The van der Waals surface area contributed by atoms with Crippen molar-refractivity contribution in [1.29, 1.82) is 0 Å². The predicted octanol–water partition coefficient (Wildman–Crippen LogP) is 4.27. The van der Waals surface area contributed by atoms with E-state index < -0.39 is 12.5 Å². The molecular formula is C25H25F2N7O2. The van der Waals surface area contributed by atoms with Crippen molar-refractivity contribution in [3.05, 3.63) is 76.6 Å². The molecule has 4 heterocycles. The summed E-state index contributed by atoms with van der Waals surface area (Å²) in [6, 6.07) is 7.56. The van der Waals surface area contributed by atoms with Gasteiger partial charge in [0.2, 0.25) is 0 Å². The third-order valence-corrected chi connectivity index (χ3v) is 6.45. The number of rotatable bonds is 6. The molecule has 1 aromatic carbocycles. The molecular weight excluding hydrogens is 468 g/mol. The fourth-order valence-electron chi connectivity index (χ4n) is 4.47. The van der Waals surface area contributed by atoms with Crippen molar-refractivity contribution in [3.63, 3.8) is 0 Å². The van der Waals surface area contributed by atoms with Gasteiger partial charge < -0.3 is 15.4 Å². The van der Waals surface area contributed by atoms with Gasteiger partial charge >= 0.3 is 0 Å². The van der Waals surface area contributed by atoms with Crippen LogP contribution in [0.1, 0.15) is 71.0 Å². The molecule has 0 saturated carbocycles. The van der Waals surface area contributed by atoms with Crippen molar-refractivity contribution in [2.24, 2.45) is 7.05 Å². The lowest BCUT2D eigenvalue weighted by atomic mass is 9.99. The van der Waals surface area contributed by atoms with Gasteiger partial charge in [0.15, 0.2) is 5.82 Å². The van der Waals surface area contributed by atoms with Crippen LogP contribution in [-0.2, 0) is 24.9 Å². The van der Waals surface area contributed by atoms with Crippen molar-refractivity contribution < 1.29 is 18.3 Å². The molecule has 0 saturated heterocycles. The van der Waals surface area contributed by atoms with E-state index in [-0.39, 0.29) is 24.1 Å². The number of pyridine rings is 2. The molecule has 186 valence electrons. The summed E-state index contributed by atoms with van der Waals surface area (Å²) in [5, 5.41) is 5.16. The van der Waals surface area contributed by atoms with Gasteiger partial charge in [0, 0.05) is 35.3 Å². The highest BCUT2D eigenvalue weighted by molar-refractivity contribution is 5.99. The number of aromatic nitrogens is 5. The molecule has 0 bridgehead atoms. The molecule has 2 atom stereocenters. The third-order valence-electron chi connectivity index (χ3n) is 6.45. The number of hydrogen-bond donors (Lipinski definition) is 1. The number of alkyl halides is 2. The van der Waals surface area contributed by atoms with Gasteiger partial charge in [-0.1, -0.05) is 0 Å². The number of halogens is 2. The number of carbonyl (C=O) groups excluding carboxylic acids is 1. The first kappa shape index (κ1) is 23.7. The van der Waals surface area contributed by atoms with Crippen LogP contribution in [0.4, 0.5) is 14.6 Å². The van der Waals surface area contributed by atoms with Gasteiger partial charge in [0.05, 0.1) is 36.5 Å². The fraction of sp³-hybridized carbons (Fsp3) is 0.320. The van der Waals surface area contributed by atoms with E-state index in [1.165, 1.54) is 12.1 Å². The number of amides is 1. The molecule has 5 rings (SSSR count). The zero-order valence-corrected chi connectivity index (χ0v) is 20.0. The molecule has 11 heteroatoms. The summed E-state index contributed by atoms with van der Waals surface area (Å²) in [4.78, 5) is 28.4. The van der Waals surface area contributed by atoms with E-state index in [0.29, 0.717) is 35.0 Å². The molecule has 3 aromatic heterocycles. The summed E-state index contributed by atoms with van der Waals surface area (Å²) in [7, 11) is 1.74. The molecule has 1 aliphatic heterocycles. The highest BCUT2D eigenvalue weighted by Crippen LogP contribution is 2.38. The molecule has 4 aromatic rings. The molecule has 36 heavy (non-hydrogen) atoms. The summed E-state index contributed by atoms with van der Waals surface area (Å²) >= 11 is 0. The average molecular weight is 494 g/mol. The Balaban J connectivity index is 1.54. The van der Waals surface area contributed by atoms with Gasteiger partial charge in [-0.3, -0.25) is 14.5 Å². The number of benzene rings is 1. The van der Waals surface area contributed by atoms with E-state index in [9.17, 15) is 13.6 Å². The maximum atomic E-state index is 13.9. The van der Waals surface area contributed by atoms with Crippen LogP contribution < -0.4 is 5.73 Å². The maximum Gasteiger partial charge on any atom is 0.265 e. The van der Waals surface area contributed by atoms with Gasteiger partial charge in [-0.2, -0.15) is 5.10 Å². The summed E-state index contributed by atoms with van der Waals surface area (Å²) < 4.78 is 33.3. The van der Waals surface area contributed by atoms with E-state index in [4.69, 9.17) is 10.5 Å². The molecule has 2 N–H and O–H groups in total. The van der Waals surface area contributed by atoms with Crippen molar-refractivity contribution in [2.45, 2.75) is 45.6 Å². The quantitative estimate of drug-likeness (QED) is 0.427. The molecule has 0 fully saturated rings. The normalized spacial score (nSPS) is 15.9. The van der Waals surface area contributed by atoms with Crippen LogP contribution in [0, 0.1) is 0 Å². The summed E-state index contributed by atoms with van der Waals surface area (Å²) in [6.07, 6.45) is -0.108. The topological polar surface area (TPSA) is 112 Å². The Morgan fingerprint density at radius 1 is 1.28 bits per heavy atom. The maximum absolute atomic E-state index is 13.9. The SMILES string of the molecule is CC(c1ncn(C)n1)N(Cc1ccc(C(F)F)cn1)C(=O)c1ccc2nc(N)c3c(c2c1)CO[C@@H]3C. The zero-order chi connectivity index (χ0) is 25.6. The predicted molar refractivity (Wildman–Crippen MR) is 128 cm³/mol. The number of nitrogens with two attached hydrogens (primary N) is 1. The van der Waals surface area contributed by atoms with Gasteiger partial charge in [-0.15, -0.1) is 0 Å². The van der Waals surface area contributed by atoms with Gasteiger partial charge in [0.25, 0.3) is 12.3 Å². The van der Waals surface area contributed by atoms with Crippen molar-refractivity contribution >= 4 is 22.6 Å². The Morgan fingerprint density at radius 2 is 2.08 bits per heavy atom. The van der Waals surface area contributed by atoms with Crippen LogP contribution in [-0.4, -0.2) is 35.5 Å². The average Bonchev–Trinajstić information content (AvgIpc) is 3.48. The molecule has 0 radical (unpaired) electrons. The number of ether oxygens (including phenoxy) is 1. The third kappa shape index (κ3) is 4.26. The molecule has 9 nitrogen and oxygen atoms in total. The van der Waals surface area contributed by atoms with Gasteiger partial charge in [-0.05, 0) is 49.7 Å². The standard InChI is InChI=1S/C25H25F2N7O2/c1-13(24-30-12-33(3)32-24)34(10-17-6-4-16(9-29-17)22(26)27)25(35)15-5-7-20-18(8-15)19-11-36-14(2)21(19)23(28)31-20/h4-9,12-14,22H,10-11H2,1-3H3,(H2,28,31)/t13?,14-/m1/s1. The van der Waals surface area contributed by atoms with E-state index in [1.54, 1.807) is 41.2 Å². The number of carbonyl (C=O) groups is 1. The van der Waals surface area contributed by atoms with Gasteiger partial charge in [-0.25, -0.2) is 18.7 Å². The van der Waals surface area contributed by atoms with E-state index in [2.05, 4.69) is 20.1 Å². The van der Waals surface area contributed by atoms with Crippen LogP contribution in [0.3, 0.4) is 0 Å². The highest BCUT2D eigenvalue weighted by Gasteiger charge is 2.29. The minimum atomic E-state index is -2.62. The lowest BCUT2D eigenvalue weighted by molar-refractivity contribution is 0.0663. The Bertz CT molecular complexity index is 1440. The Kier molecular flexibility index (Phi) is 6.09. The monoisotopic (exact) mass is 493 g/mol. The lowest BCUT2D eigenvalue weighted by Crippen LogP contribution is -2.34. The van der Waals surface area contributed by atoms with Crippen molar-refractivity contribution in [1.82, 2.24) is 29.6 Å². The number of nitrogen functional groups attached to an aromatic ring is 1. The van der Waals surface area contributed by atoms with Crippen molar-refractivity contribution in [3.8, 4) is 0 Å².